The monoisotopic (exact) mass is 392 g/mol. The number of terminal acetylenes is 2. The van der Waals surface area contributed by atoms with Gasteiger partial charge in [-0.15, -0.1) is 12.8 Å². The van der Waals surface area contributed by atoms with Gasteiger partial charge in [0.2, 0.25) is 0 Å². The van der Waals surface area contributed by atoms with Crippen LogP contribution in [0.15, 0.2) is 0 Å². The highest BCUT2D eigenvalue weighted by molar-refractivity contribution is 6.06. The van der Waals surface area contributed by atoms with Gasteiger partial charge in [-0.1, -0.05) is 11.8 Å². The fraction of sp³-hybridized carbons (Fsp3) is 0.556. The number of urea groups is 2. The molecule has 2 fully saturated rings. The topological polar surface area (TPSA) is 117 Å². The van der Waals surface area contributed by atoms with Crippen LogP contribution in [0.25, 0.3) is 0 Å². The van der Waals surface area contributed by atoms with Gasteiger partial charge in [-0.05, 0) is 27.7 Å². The number of nitrogens with zero attached hydrogens (tertiary/aromatic N) is 2. The summed E-state index contributed by atoms with van der Waals surface area (Å²) in [6.45, 7) is 6.68. The number of amides is 6. The maximum absolute atomic E-state index is 11.5. The van der Waals surface area contributed by atoms with Crippen molar-refractivity contribution in [3.05, 3.63) is 0 Å². The number of carbonyl (C=O) groups excluding carboxylic acids is 4. The van der Waals surface area contributed by atoms with E-state index >= 15 is 0 Å². The van der Waals surface area contributed by atoms with Gasteiger partial charge in [0.25, 0.3) is 11.8 Å². The molecule has 0 radical (unpaired) electrons. The minimum Gasteiger partial charge on any atom is -0.348 e. The molecule has 2 rings (SSSR count). The zero-order valence-corrected chi connectivity index (χ0v) is 16.3. The number of imide groups is 2. The number of nitrogens with one attached hydrogen (secondary N) is 2. The van der Waals surface area contributed by atoms with E-state index in [1.807, 2.05) is 0 Å². The quantitative estimate of drug-likeness (QED) is 0.369. The number of hydrogen-bond donors (Lipinski definition) is 2. The summed E-state index contributed by atoms with van der Waals surface area (Å²) in [5.41, 5.74) is -1.72. The molecule has 2 aliphatic rings. The summed E-state index contributed by atoms with van der Waals surface area (Å²) in [6.07, 6.45) is 9.94. The molecule has 28 heavy (non-hydrogen) atoms. The minimum atomic E-state index is -0.869. The van der Waals surface area contributed by atoms with E-state index in [4.69, 9.17) is 22.3 Å². The van der Waals surface area contributed by atoms with Crippen molar-refractivity contribution in [2.24, 2.45) is 0 Å². The Bertz CT molecular complexity index is 729. The summed E-state index contributed by atoms with van der Waals surface area (Å²) in [5, 5.41) is 4.73. The Balaban J connectivity index is 0.000000280. The van der Waals surface area contributed by atoms with Gasteiger partial charge in [0.05, 0.1) is 0 Å². The van der Waals surface area contributed by atoms with Crippen molar-refractivity contribution in [1.82, 2.24) is 20.4 Å². The first-order valence-electron chi connectivity index (χ1n) is 8.28. The molecule has 0 aromatic heterocycles. The maximum atomic E-state index is 11.5. The second kappa shape index (κ2) is 9.22. The van der Waals surface area contributed by atoms with Crippen LogP contribution in [0.5, 0.6) is 0 Å². The molecular weight excluding hydrogens is 368 g/mol. The van der Waals surface area contributed by atoms with E-state index in [0.717, 1.165) is 4.90 Å². The largest absolute Gasteiger partial charge is 0.348 e. The number of hydrogen-bond acceptors (Lipinski definition) is 6. The second-order valence-electron chi connectivity index (χ2n) is 6.90. The van der Waals surface area contributed by atoms with Crippen LogP contribution in [0.1, 0.15) is 27.7 Å². The Morgan fingerprint density at radius 2 is 1.46 bits per heavy atom. The van der Waals surface area contributed by atoms with E-state index in [1.54, 1.807) is 27.7 Å². The summed E-state index contributed by atoms with van der Waals surface area (Å²) < 4.78 is 9.91. The molecule has 152 valence electrons. The van der Waals surface area contributed by atoms with Gasteiger partial charge in [0.15, 0.2) is 0 Å². The molecule has 0 bridgehead atoms. The number of ether oxygens (including phenoxy) is 2. The fourth-order valence-electron chi connectivity index (χ4n) is 2.24. The lowest BCUT2D eigenvalue weighted by atomic mass is 10.1. The third-order valence-corrected chi connectivity index (χ3v) is 3.95. The Morgan fingerprint density at radius 1 is 0.929 bits per heavy atom. The Kier molecular flexibility index (Phi) is 7.56. The highest BCUT2D eigenvalue weighted by atomic mass is 16.5. The molecule has 6 amide bonds. The van der Waals surface area contributed by atoms with Gasteiger partial charge < -0.3 is 14.8 Å². The van der Waals surface area contributed by atoms with Gasteiger partial charge in [0, 0.05) is 0 Å². The molecule has 0 unspecified atom stereocenters. The van der Waals surface area contributed by atoms with Gasteiger partial charge >= 0.3 is 12.1 Å². The first-order valence-corrected chi connectivity index (χ1v) is 8.28. The Hall–Kier alpha value is -3.08. The van der Waals surface area contributed by atoms with Crippen molar-refractivity contribution in [3.8, 4) is 24.7 Å². The van der Waals surface area contributed by atoms with Crippen LogP contribution < -0.4 is 10.6 Å². The van der Waals surface area contributed by atoms with E-state index in [1.165, 1.54) is 4.90 Å². The number of carbonyl (C=O) groups is 4. The van der Waals surface area contributed by atoms with Gasteiger partial charge in [-0.2, -0.15) is 0 Å². The van der Waals surface area contributed by atoms with E-state index in [2.05, 4.69) is 22.5 Å². The normalized spacial score (nSPS) is 19.4. The molecule has 0 aliphatic carbocycles. The molecule has 0 aromatic carbocycles. The lowest BCUT2D eigenvalue weighted by Crippen LogP contribution is -2.45. The van der Waals surface area contributed by atoms with Crippen LogP contribution in [0.3, 0.4) is 0 Å². The van der Waals surface area contributed by atoms with Crippen molar-refractivity contribution in [3.63, 3.8) is 0 Å². The lowest BCUT2D eigenvalue weighted by Gasteiger charge is -2.26. The molecule has 0 spiro atoms. The summed E-state index contributed by atoms with van der Waals surface area (Å²) >= 11 is 0. The summed E-state index contributed by atoms with van der Waals surface area (Å²) in [4.78, 5) is 47.6. The molecular formula is C18H24N4O6. The molecule has 10 heteroatoms. The molecule has 2 saturated heterocycles. The second-order valence-corrected chi connectivity index (χ2v) is 6.90. The SMILES string of the molecule is C#CCOCN1C(=O)NC(=O)C1(C)C.C#CCOCN1C(=O)NC(C)(C)C1=O. The van der Waals surface area contributed by atoms with E-state index in [0.29, 0.717) is 0 Å². The van der Waals surface area contributed by atoms with Crippen LogP contribution in [0.2, 0.25) is 0 Å². The Morgan fingerprint density at radius 3 is 1.86 bits per heavy atom. The third kappa shape index (κ3) is 5.22. The van der Waals surface area contributed by atoms with E-state index in [-0.39, 0.29) is 38.5 Å². The fourth-order valence-corrected chi connectivity index (χ4v) is 2.24. The zero-order chi connectivity index (χ0) is 21.5. The Labute approximate surface area is 163 Å². The smallest absolute Gasteiger partial charge is 0.326 e. The van der Waals surface area contributed by atoms with Crippen molar-refractivity contribution >= 4 is 23.9 Å². The predicted molar refractivity (Wildman–Crippen MR) is 98.2 cm³/mol. The average Bonchev–Trinajstić information content (AvgIpc) is 2.92. The van der Waals surface area contributed by atoms with Crippen LogP contribution in [-0.2, 0) is 19.1 Å². The molecule has 0 atom stereocenters. The van der Waals surface area contributed by atoms with Crippen molar-refractivity contribution in [2.75, 3.05) is 26.7 Å². The van der Waals surface area contributed by atoms with Gasteiger partial charge in [0.1, 0.15) is 37.8 Å². The van der Waals surface area contributed by atoms with Crippen LogP contribution in [0, 0.1) is 24.7 Å². The summed E-state index contributed by atoms with van der Waals surface area (Å²) in [7, 11) is 0. The van der Waals surface area contributed by atoms with Gasteiger partial charge in [-0.25, -0.2) is 14.5 Å². The van der Waals surface area contributed by atoms with Crippen molar-refractivity contribution in [2.45, 2.75) is 38.8 Å². The molecule has 2 heterocycles. The summed E-state index contributed by atoms with van der Waals surface area (Å²) in [5.74, 6) is 3.90. The molecule has 2 aliphatic heterocycles. The van der Waals surface area contributed by atoms with Gasteiger partial charge in [-0.3, -0.25) is 19.8 Å². The van der Waals surface area contributed by atoms with Crippen LogP contribution in [-0.4, -0.2) is 71.4 Å². The predicted octanol–water partition coefficient (Wildman–Crippen LogP) is -0.152. The van der Waals surface area contributed by atoms with E-state index < -0.39 is 23.1 Å². The molecule has 0 saturated carbocycles. The maximum Gasteiger partial charge on any atom is 0.326 e. The molecule has 10 nitrogen and oxygen atoms in total. The lowest BCUT2D eigenvalue weighted by molar-refractivity contribution is -0.133. The first-order chi connectivity index (χ1) is 13.0. The van der Waals surface area contributed by atoms with Crippen molar-refractivity contribution < 1.29 is 28.7 Å². The van der Waals surface area contributed by atoms with E-state index in [9.17, 15) is 19.2 Å². The summed E-state index contributed by atoms with van der Waals surface area (Å²) in [6, 6.07) is -0.894. The number of rotatable bonds is 6. The van der Waals surface area contributed by atoms with Crippen LogP contribution in [0.4, 0.5) is 9.59 Å². The standard InChI is InChI=1S/2C9H12N2O3/c1-4-5-14-6-11-7(12)9(2,3)10-8(11)13;1-4-5-14-6-11-8(13)10-7(12)9(11,2)3/h1H,5-6H2,2-3H3,(H,10,13);1H,5-6H2,2-3H3,(H,10,12,13). The zero-order valence-electron chi connectivity index (χ0n) is 16.3. The first kappa shape index (κ1) is 23.0. The third-order valence-electron chi connectivity index (χ3n) is 3.95. The molecule has 2 N–H and O–H groups in total. The van der Waals surface area contributed by atoms with Crippen molar-refractivity contribution in [1.29, 1.82) is 0 Å². The average molecular weight is 392 g/mol. The highest BCUT2D eigenvalue weighted by Gasteiger charge is 2.45. The highest BCUT2D eigenvalue weighted by Crippen LogP contribution is 2.20. The molecule has 0 aromatic rings. The van der Waals surface area contributed by atoms with Crippen LogP contribution >= 0.6 is 0 Å². The minimum absolute atomic E-state index is 0.0226.